The number of likely N-dealkylation sites (N-methyl/N-ethyl adjacent to an activating group) is 1. The smallest absolute Gasteiger partial charge is 0.357 e. The molecule has 3 amide bonds. The fourth-order valence-electron chi connectivity index (χ4n) is 6.18. The number of alkyl halides is 7. The van der Waals surface area contributed by atoms with Gasteiger partial charge in [-0.05, 0) is 91.7 Å². The maximum atomic E-state index is 15.8. The highest BCUT2D eigenvalue weighted by Crippen LogP contribution is 2.68. The average molecular weight is 1190 g/mol. The Hall–Kier alpha value is -2.83. The standard InChI is InChI=1S/C38H41Br2F7IN5O9P2/c1-6-59-63(57,60-7-2)36(41,42)26-12-10-21(14-28(26)39)16-30(33(55)49-5)51-34(56)31(50-32(54)23-18-24(20-25(48)19-23)35(52-53-35)38(45,46)47)17-22-11-13-27(29(40)15-22)37(43,44)64(58,61-8-3)62-9-4/h10-15,18-20,30-31H,6-9,16-17H2,1-5H3,(H,49,55)(H,50,54)(H,51,56)/t30-,31-/m0/s1. The number of carbonyl (C=O) groups excluding carboxylic acids is 3. The lowest BCUT2D eigenvalue weighted by Gasteiger charge is -2.27. The highest BCUT2D eigenvalue weighted by atomic mass is 127. The van der Waals surface area contributed by atoms with E-state index in [4.69, 9.17) is 18.1 Å². The number of amides is 3. The summed E-state index contributed by atoms with van der Waals surface area (Å²) in [6.07, 6.45) is -5.78. The Labute approximate surface area is 393 Å². The van der Waals surface area contributed by atoms with Gasteiger partial charge in [0.1, 0.15) is 12.1 Å². The number of benzene rings is 3. The second-order valence-corrected chi connectivity index (χ2v) is 20.7. The van der Waals surface area contributed by atoms with Gasteiger partial charge in [0.05, 0.1) is 26.4 Å². The van der Waals surface area contributed by atoms with Gasteiger partial charge in [0.25, 0.3) is 5.91 Å². The maximum absolute atomic E-state index is 15.8. The van der Waals surface area contributed by atoms with Crippen LogP contribution in [-0.4, -0.2) is 69.5 Å². The van der Waals surface area contributed by atoms with Crippen LogP contribution in [0.1, 0.15) is 65.9 Å². The summed E-state index contributed by atoms with van der Waals surface area (Å²) in [5.41, 5.74) is -13.3. The lowest BCUT2D eigenvalue weighted by Crippen LogP contribution is -2.54. The number of halogens is 10. The highest BCUT2D eigenvalue weighted by molar-refractivity contribution is 14.1. The minimum Gasteiger partial charge on any atom is -0.357 e. The summed E-state index contributed by atoms with van der Waals surface area (Å²) in [6, 6.07) is 6.57. The number of hydrogen-bond acceptors (Lipinski definition) is 11. The average Bonchev–Trinajstić information content (AvgIpc) is 4.03. The first-order valence-electron chi connectivity index (χ1n) is 19.1. The zero-order valence-electron chi connectivity index (χ0n) is 34.3. The summed E-state index contributed by atoms with van der Waals surface area (Å²) in [5.74, 6) is -2.91. The Morgan fingerprint density at radius 1 is 0.688 bits per heavy atom. The van der Waals surface area contributed by atoms with Gasteiger partial charge in [0, 0.05) is 54.7 Å². The molecule has 0 bridgehead atoms. The van der Waals surface area contributed by atoms with Gasteiger partial charge >= 0.3 is 38.4 Å². The van der Waals surface area contributed by atoms with Crippen LogP contribution in [0.5, 0.6) is 0 Å². The fourth-order valence-corrected chi connectivity index (χ4v) is 11.6. The van der Waals surface area contributed by atoms with Crippen LogP contribution >= 0.6 is 69.6 Å². The molecule has 4 rings (SSSR count). The monoisotopic (exact) mass is 1190 g/mol. The van der Waals surface area contributed by atoms with Crippen LogP contribution in [-0.2, 0) is 66.6 Å². The van der Waals surface area contributed by atoms with E-state index in [1.165, 1.54) is 52.9 Å². The molecular formula is C38H41Br2F7IN5O9P2. The van der Waals surface area contributed by atoms with Crippen LogP contribution in [0.25, 0.3) is 0 Å². The Bertz CT molecular complexity index is 2340. The van der Waals surface area contributed by atoms with Crippen molar-refractivity contribution in [2.24, 2.45) is 10.2 Å². The van der Waals surface area contributed by atoms with E-state index in [1.807, 2.05) is 0 Å². The van der Waals surface area contributed by atoms with Crippen molar-refractivity contribution in [3.8, 4) is 0 Å². The van der Waals surface area contributed by atoms with Gasteiger partial charge in [-0.3, -0.25) is 23.5 Å². The molecule has 1 aliphatic heterocycles. The normalized spacial score (nSPS) is 15.0. The minimum absolute atomic E-state index is 0.109. The SMILES string of the molecule is CCOP(=O)(OCC)C(F)(F)c1ccc(C[C@H](NC(=O)c2cc(I)cc(C3(C(F)(F)F)N=N3)c2)C(=O)N[C@@H](Cc2ccc(C(F)(F)P(=O)(OCC)OCC)c(Br)c2)C(=O)NC)cc1Br. The largest absolute Gasteiger partial charge is 0.442 e. The van der Waals surface area contributed by atoms with E-state index in [0.29, 0.717) is 0 Å². The number of hydrogen-bond donors (Lipinski definition) is 3. The molecule has 0 radical (unpaired) electrons. The van der Waals surface area contributed by atoms with E-state index in [0.717, 1.165) is 36.4 Å². The van der Waals surface area contributed by atoms with Gasteiger partial charge < -0.3 is 34.0 Å². The van der Waals surface area contributed by atoms with Crippen molar-refractivity contribution in [3.05, 3.63) is 100 Å². The van der Waals surface area contributed by atoms with Crippen LogP contribution in [0.2, 0.25) is 0 Å². The molecule has 0 saturated heterocycles. The van der Waals surface area contributed by atoms with Crippen molar-refractivity contribution < 1.29 is 72.3 Å². The van der Waals surface area contributed by atoms with Crippen LogP contribution in [0.4, 0.5) is 30.7 Å². The van der Waals surface area contributed by atoms with Crippen LogP contribution in [0.15, 0.2) is 73.8 Å². The Morgan fingerprint density at radius 2 is 1.11 bits per heavy atom. The molecule has 3 N–H and O–H groups in total. The molecule has 0 fully saturated rings. The van der Waals surface area contributed by atoms with E-state index in [-0.39, 0.29) is 62.1 Å². The first-order valence-corrected chi connectivity index (χ1v) is 24.8. The van der Waals surface area contributed by atoms with Crippen molar-refractivity contribution in [1.29, 1.82) is 0 Å². The summed E-state index contributed by atoms with van der Waals surface area (Å²) >= 11 is 7.81. The van der Waals surface area contributed by atoms with E-state index in [1.54, 1.807) is 22.6 Å². The molecule has 0 spiro atoms. The van der Waals surface area contributed by atoms with E-state index >= 15 is 17.6 Å². The molecule has 0 aliphatic carbocycles. The summed E-state index contributed by atoms with van der Waals surface area (Å²) in [7, 11) is -8.84. The van der Waals surface area contributed by atoms with Gasteiger partial charge in [-0.25, -0.2) is 0 Å². The molecule has 3 aromatic rings. The van der Waals surface area contributed by atoms with Gasteiger partial charge in [-0.15, -0.1) is 10.2 Å². The minimum atomic E-state index is -5.06. The third-order valence-electron chi connectivity index (χ3n) is 9.24. The maximum Gasteiger partial charge on any atom is 0.442 e. The lowest BCUT2D eigenvalue weighted by molar-refractivity contribution is -0.166. The van der Waals surface area contributed by atoms with Crippen molar-refractivity contribution in [1.82, 2.24) is 16.0 Å². The van der Waals surface area contributed by atoms with Crippen LogP contribution in [0.3, 0.4) is 0 Å². The second kappa shape index (κ2) is 21.4. The first-order chi connectivity index (χ1) is 29.8. The Kier molecular flexibility index (Phi) is 18.0. The molecule has 14 nitrogen and oxygen atoms in total. The molecule has 1 aliphatic rings. The zero-order valence-corrected chi connectivity index (χ0v) is 41.5. The van der Waals surface area contributed by atoms with Gasteiger partial charge in [-0.2, -0.15) is 30.7 Å². The van der Waals surface area contributed by atoms with Crippen LogP contribution in [0, 0.1) is 3.57 Å². The summed E-state index contributed by atoms with van der Waals surface area (Å²) < 4.78 is 150. The summed E-state index contributed by atoms with van der Waals surface area (Å²) in [4.78, 5) is 41.2. The predicted octanol–water partition coefficient (Wildman–Crippen LogP) is 10.4. The lowest BCUT2D eigenvalue weighted by atomic mass is 9.99. The quantitative estimate of drug-likeness (QED) is 0.0501. The first kappa shape index (κ1) is 53.8. The molecular weight excluding hydrogens is 1150 g/mol. The second-order valence-electron chi connectivity index (χ2n) is 13.6. The number of nitrogens with zero attached hydrogens (tertiary/aromatic N) is 2. The van der Waals surface area contributed by atoms with Crippen molar-refractivity contribution in [2.75, 3.05) is 33.5 Å². The molecule has 0 saturated carbocycles. The van der Waals surface area contributed by atoms with Gasteiger partial charge in [0.15, 0.2) is 0 Å². The van der Waals surface area contributed by atoms with Crippen LogP contribution < -0.4 is 16.0 Å². The van der Waals surface area contributed by atoms with E-state index in [9.17, 15) is 36.7 Å². The molecule has 0 unspecified atom stereocenters. The number of nitrogens with one attached hydrogen (secondary N) is 3. The molecule has 0 aromatic heterocycles. The van der Waals surface area contributed by atoms with Crippen molar-refractivity contribution in [2.45, 2.75) is 75.8 Å². The molecule has 352 valence electrons. The fraction of sp³-hybridized carbons (Fsp3) is 0.447. The number of rotatable bonds is 22. The van der Waals surface area contributed by atoms with E-state index in [2.05, 4.69) is 58.0 Å². The molecule has 1 heterocycles. The van der Waals surface area contributed by atoms with Gasteiger partial charge in [0.2, 0.25) is 11.8 Å². The Morgan fingerprint density at radius 3 is 1.47 bits per heavy atom. The topological polar surface area (TPSA) is 183 Å². The highest BCUT2D eigenvalue weighted by Gasteiger charge is 2.65. The third-order valence-corrected chi connectivity index (χ3v) is 15.4. The van der Waals surface area contributed by atoms with Crippen molar-refractivity contribution in [3.63, 3.8) is 0 Å². The van der Waals surface area contributed by atoms with Gasteiger partial charge in [-0.1, -0.05) is 56.1 Å². The summed E-state index contributed by atoms with van der Waals surface area (Å²) in [5, 5.41) is 13.7. The zero-order chi connectivity index (χ0) is 48.1. The molecule has 64 heavy (non-hydrogen) atoms. The van der Waals surface area contributed by atoms with Crippen molar-refractivity contribution >= 4 is 87.4 Å². The molecule has 26 heteroatoms. The summed E-state index contributed by atoms with van der Waals surface area (Å²) in [6.45, 7) is 3.98. The molecule has 3 aromatic carbocycles. The Balaban J connectivity index is 1.72. The third kappa shape index (κ3) is 11.6. The molecule has 2 atom stereocenters. The predicted molar refractivity (Wildman–Crippen MR) is 234 cm³/mol. The van der Waals surface area contributed by atoms with E-state index < -0.39 is 91.3 Å². The number of carbonyl (C=O) groups is 3.